The normalized spacial score (nSPS) is 11.8. The summed E-state index contributed by atoms with van der Waals surface area (Å²) in [5.41, 5.74) is -0.106. The Bertz CT molecular complexity index is 699. The minimum absolute atomic E-state index is 0.134. The molecule has 0 aliphatic heterocycles. The van der Waals surface area contributed by atoms with E-state index in [4.69, 9.17) is 0 Å². The zero-order chi connectivity index (χ0) is 15.9. The third-order valence-corrected chi connectivity index (χ3v) is 3.19. The summed E-state index contributed by atoms with van der Waals surface area (Å²) in [7, 11) is 1.66. The van der Waals surface area contributed by atoms with Crippen LogP contribution in [-0.4, -0.2) is 25.9 Å². The summed E-state index contributed by atoms with van der Waals surface area (Å²) < 4.78 is 40.0. The molecule has 9 heteroatoms. The van der Waals surface area contributed by atoms with Gasteiger partial charge in [-0.3, -0.25) is 14.6 Å². The van der Waals surface area contributed by atoms with Crippen molar-refractivity contribution < 1.29 is 18.0 Å². The Labute approximate surface area is 118 Å². The van der Waals surface area contributed by atoms with Gasteiger partial charge in [-0.05, 0) is 20.8 Å². The van der Waals surface area contributed by atoms with Crippen molar-refractivity contribution in [1.29, 1.82) is 0 Å². The number of carbonyl (C=O) groups excluding carboxylic acids is 1. The summed E-state index contributed by atoms with van der Waals surface area (Å²) in [5.74, 6) is -0.645. The molecule has 0 saturated heterocycles. The molecule has 0 spiro atoms. The van der Waals surface area contributed by atoms with Gasteiger partial charge in [-0.2, -0.15) is 23.4 Å². The van der Waals surface area contributed by atoms with Gasteiger partial charge in [0.2, 0.25) is 0 Å². The van der Waals surface area contributed by atoms with Gasteiger partial charge in [-0.1, -0.05) is 0 Å². The Morgan fingerprint density at radius 1 is 1.29 bits per heavy atom. The van der Waals surface area contributed by atoms with Gasteiger partial charge >= 0.3 is 6.18 Å². The Morgan fingerprint density at radius 2 is 1.90 bits per heavy atom. The molecule has 0 saturated carbocycles. The fourth-order valence-corrected chi connectivity index (χ4v) is 2.07. The minimum atomic E-state index is -4.65. The molecule has 0 radical (unpaired) electrons. The monoisotopic (exact) mass is 301 g/mol. The lowest BCUT2D eigenvalue weighted by atomic mass is 10.1. The van der Waals surface area contributed by atoms with E-state index in [1.807, 2.05) is 0 Å². The van der Waals surface area contributed by atoms with Crippen LogP contribution >= 0.6 is 0 Å². The topological polar surface area (TPSA) is 75.6 Å². The SMILES string of the molecule is Cc1nn(C)c(C)c1C(=O)Nc1c(C(F)(F)F)n[nH]c1C. The molecule has 1 amide bonds. The Balaban J connectivity index is 2.39. The minimum Gasteiger partial charge on any atom is -0.318 e. The fourth-order valence-electron chi connectivity index (χ4n) is 2.07. The van der Waals surface area contributed by atoms with Crippen LogP contribution < -0.4 is 5.32 Å². The van der Waals surface area contributed by atoms with Gasteiger partial charge < -0.3 is 5.32 Å². The first-order valence-corrected chi connectivity index (χ1v) is 6.06. The molecule has 0 unspecified atom stereocenters. The van der Waals surface area contributed by atoms with Crippen LogP contribution in [0.15, 0.2) is 0 Å². The van der Waals surface area contributed by atoms with Gasteiger partial charge in [0.25, 0.3) is 5.91 Å². The number of halogens is 3. The zero-order valence-electron chi connectivity index (χ0n) is 11.9. The molecule has 0 atom stereocenters. The average molecular weight is 301 g/mol. The van der Waals surface area contributed by atoms with E-state index in [1.54, 1.807) is 20.9 Å². The lowest BCUT2D eigenvalue weighted by molar-refractivity contribution is -0.140. The number of nitrogens with one attached hydrogen (secondary N) is 2. The van der Waals surface area contributed by atoms with Crippen LogP contribution in [0.3, 0.4) is 0 Å². The highest BCUT2D eigenvalue weighted by atomic mass is 19.4. The maximum atomic E-state index is 12.8. The molecule has 2 N–H and O–H groups in total. The first-order chi connectivity index (χ1) is 9.62. The van der Waals surface area contributed by atoms with Gasteiger partial charge in [-0.15, -0.1) is 0 Å². The molecule has 0 aliphatic rings. The molecule has 2 rings (SSSR count). The lowest BCUT2D eigenvalue weighted by Crippen LogP contribution is -2.18. The van der Waals surface area contributed by atoms with Gasteiger partial charge in [0.05, 0.1) is 22.6 Å². The number of alkyl halides is 3. The van der Waals surface area contributed by atoms with E-state index in [-0.39, 0.29) is 16.9 Å². The quantitative estimate of drug-likeness (QED) is 0.894. The second-order valence-electron chi connectivity index (χ2n) is 4.69. The van der Waals surface area contributed by atoms with Crippen molar-refractivity contribution in [2.24, 2.45) is 7.05 Å². The molecular weight excluding hydrogens is 287 g/mol. The molecule has 6 nitrogen and oxygen atoms in total. The Morgan fingerprint density at radius 3 is 2.38 bits per heavy atom. The third kappa shape index (κ3) is 2.63. The molecular formula is C12H14F3N5O. The number of H-pyrrole nitrogens is 1. The first kappa shape index (κ1) is 15.1. The van der Waals surface area contributed by atoms with Crippen LogP contribution in [0.1, 0.15) is 33.1 Å². The standard InChI is InChI=1S/C12H14F3N5O/c1-5-8(7(3)20(4)19-5)11(21)16-9-6(2)17-18-10(9)12(13,14)15/h1-4H3,(H,16,21)(H,17,18). The molecule has 114 valence electrons. The number of aryl methyl sites for hydroxylation is 3. The van der Waals surface area contributed by atoms with E-state index < -0.39 is 17.8 Å². The van der Waals surface area contributed by atoms with Crippen molar-refractivity contribution in [1.82, 2.24) is 20.0 Å². The third-order valence-electron chi connectivity index (χ3n) is 3.19. The molecule has 2 aromatic rings. The number of anilines is 1. The number of hydrogen-bond donors (Lipinski definition) is 2. The fraction of sp³-hybridized carbons (Fsp3) is 0.417. The van der Waals surface area contributed by atoms with Crippen LogP contribution in [-0.2, 0) is 13.2 Å². The number of aromatic nitrogens is 4. The van der Waals surface area contributed by atoms with Gasteiger partial charge in [0.15, 0.2) is 5.69 Å². The summed E-state index contributed by atoms with van der Waals surface area (Å²) in [6.45, 7) is 4.69. The largest absolute Gasteiger partial charge is 0.437 e. The summed E-state index contributed by atoms with van der Waals surface area (Å²) in [5, 5.41) is 11.8. The molecule has 0 fully saturated rings. The van der Waals surface area contributed by atoms with E-state index >= 15 is 0 Å². The second kappa shape index (κ2) is 4.90. The molecule has 0 bridgehead atoms. The predicted molar refractivity (Wildman–Crippen MR) is 69.0 cm³/mol. The van der Waals surface area contributed by atoms with E-state index in [0.29, 0.717) is 11.4 Å². The van der Waals surface area contributed by atoms with Gasteiger partial charge in [0.1, 0.15) is 0 Å². The maximum absolute atomic E-state index is 12.8. The number of hydrogen-bond acceptors (Lipinski definition) is 3. The van der Waals surface area contributed by atoms with Crippen molar-refractivity contribution in [3.05, 3.63) is 28.3 Å². The highest BCUT2D eigenvalue weighted by Gasteiger charge is 2.38. The van der Waals surface area contributed by atoms with Crippen LogP contribution in [0.25, 0.3) is 0 Å². The maximum Gasteiger partial charge on any atom is 0.437 e. The first-order valence-electron chi connectivity index (χ1n) is 6.06. The number of nitrogens with zero attached hydrogens (tertiary/aromatic N) is 3. The molecule has 2 heterocycles. The summed E-state index contributed by atoms with van der Waals surface area (Å²) in [4.78, 5) is 12.2. The number of amides is 1. The molecule has 2 aromatic heterocycles. The van der Waals surface area contributed by atoms with Gasteiger partial charge in [-0.25, -0.2) is 0 Å². The van der Waals surface area contributed by atoms with Crippen molar-refractivity contribution in [2.45, 2.75) is 26.9 Å². The van der Waals surface area contributed by atoms with Crippen LogP contribution in [0.4, 0.5) is 18.9 Å². The van der Waals surface area contributed by atoms with Gasteiger partial charge in [0, 0.05) is 12.7 Å². The number of rotatable bonds is 2. The smallest absolute Gasteiger partial charge is 0.318 e. The predicted octanol–water partition coefficient (Wildman–Crippen LogP) is 2.34. The Hall–Kier alpha value is -2.32. The Kier molecular flexibility index (Phi) is 3.52. The lowest BCUT2D eigenvalue weighted by Gasteiger charge is -2.09. The van der Waals surface area contributed by atoms with E-state index in [1.165, 1.54) is 11.6 Å². The van der Waals surface area contributed by atoms with E-state index in [0.717, 1.165) is 0 Å². The average Bonchev–Trinajstić information content (AvgIpc) is 2.81. The van der Waals surface area contributed by atoms with Crippen LogP contribution in [0.2, 0.25) is 0 Å². The summed E-state index contributed by atoms with van der Waals surface area (Å²) in [6, 6.07) is 0. The van der Waals surface area contributed by atoms with Crippen LogP contribution in [0, 0.1) is 20.8 Å². The van der Waals surface area contributed by atoms with Crippen molar-refractivity contribution >= 4 is 11.6 Å². The van der Waals surface area contributed by atoms with Crippen molar-refractivity contribution in [2.75, 3.05) is 5.32 Å². The van der Waals surface area contributed by atoms with Crippen LogP contribution in [0.5, 0.6) is 0 Å². The highest BCUT2D eigenvalue weighted by Crippen LogP contribution is 2.35. The van der Waals surface area contributed by atoms with E-state index in [2.05, 4.69) is 20.6 Å². The number of carbonyl (C=O) groups is 1. The molecule has 0 aromatic carbocycles. The van der Waals surface area contributed by atoms with Crippen molar-refractivity contribution in [3.8, 4) is 0 Å². The molecule has 21 heavy (non-hydrogen) atoms. The van der Waals surface area contributed by atoms with E-state index in [9.17, 15) is 18.0 Å². The van der Waals surface area contributed by atoms with Crippen molar-refractivity contribution in [3.63, 3.8) is 0 Å². The highest BCUT2D eigenvalue weighted by molar-refractivity contribution is 6.06. The second-order valence-corrected chi connectivity index (χ2v) is 4.69. The zero-order valence-corrected chi connectivity index (χ0v) is 11.9. The summed E-state index contributed by atoms with van der Waals surface area (Å²) in [6.07, 6.45) is -4.65. The summed E-state index contributed by atoms with van der Waals surface area (Å²) >= 11 is 0. The molecule has 0 aliphatic carbocycles. The number of aromatic amines is 1.